The molecule has 1 aromatic heterocycles. The first-order valence-electron chi connectivity index (χ1n) is 10.6. The van der Waals surface area contributed by atoms with Crippen LogP contribution in [0.4, 0.5) is 19.0 Å². The van der Waals surface area contributed by atoms with Crippen molar-refractivity contribution < 1.29 is 27.5 Å². The summed E-state index contributed by atoms with van der Waals surface area (Å²) in [4.78, 5) is 32.3. The summed E-state index contributed by atoms with van der Waals surface area (Å²) >= 11 is 6.07. The molecule has 0 spiro atoms. The molecule has 2 heterocycles. The summed E-state index contributed by atoms with van der Waals surface area (Å²) < 4.78 is 43.3. The lowest BCUT2D eigenvalue weighted by atomic mass is 9.94. The van der Waals surface area contributed by atoms with Gasteiger partial charge in [0.15, 0.2) is 0 Å². The Hall–Kier alpha value is -2.81. The smallest absolute Gasteiger partial charge is 0.417 e. The topological polar surface area (TPSA) is 62.7 Å². The van der Waals surface area contributed by atoms with Gasteiger partial charge in [0.25, 0.3) is 0 Å². The van der Waals surface area contributed by atoms with E-state index in [4.69, 9.17) is 16.3 Å². The third-order valence-corrected chi connectivity index (χ3v) is 5.91. The first-order chi connectivity index (χ1) is 15.7. The van der Waals surface area contributed by atoms with Crippen molar-refractivity contribution in [2.45, 2.75) is 32.0 Å². The molecule has 0 aliphatic carbocycles. The Labute approximate surface area is 195 Å². The summed E-state index contributed by atoms with van der Waals surface area (Å²) in [5, 5.41) is -0.0709. The third-order valence-electron chi connectivity index (χ3n) is 5.63. The number of pyridine rings is 1. The number of piperidine rings is 1. The van der Waals surface area contributed by atoms with E-state index >= 15 is 0 Å². The Morgan fingerprint density at radius 1 is 1.21 bits per heavy atom. The minimum atomic E-state index is -4.51. The third kappa shape index (κ3) is 6.60. The van der Waals surface area contributed by atoms with Gasteiger partial charge in [-0.3, -0.25) is 9.59 Å². The van der Waals surface area contributed by atoms with E-state index in [9.17, 15) is 22.8 Å². The van der Waals surface area contributed by atoms with Gasteiger partial charge in [-0.1, -0.05) is 41.9 Å². The van der Waals surface area contributed by atoms with Gasteiger partial charge < -0.3 is 14.5 Å². The van der Waals surface area contributed by atoms with Crippen molar-refractivity contribution in [3.63, 3.8) is 0 Å². The van der Waals surface area contributed by atoms with Crippen molar-refractivity contribution in [1.29, 1.82) is 0 Å². The molecule has 0 atom stereocenters. The molecule has 1 aliphatic heterocycles. The van der Waals surface area contributed by atoms with Gasteiger partial charge in [0.05, 0.1) is 24.1 Å². The van der Waals surface area contributed by atoms with E-state index in [0.29, 0.717) is 32.5 Å². The zero-order valence-corrected chi connectivity index (χ0v) is 18.9. The molecule has 0 bridgehead atoms. The second kappa shape index (κ2) is 10.9. The number of ether oxygens (including phenoxy) is 1. The number of carbonyl (C=O) groups is 2. The van der Waals surface area contributed by atoms with E-state index in [1.165, 1.54) is 7.11 Å². The molecular formula is C23H25ClF3N3O3. The van der Waals surface area contributed by atoms with E-state index in [0.717, 1.165) is 17.8 Å². The first kappa shape index (κ1) is 24.8. The average molecular weight is 484 g/mol. The van der Waals surface area contributed by atoms with Gasteiger partial charge in [-0.2, -0.15) is 13.2 Å². The van der Waals surface area contributed by atoms with Crippen molar-refractivity contribution in [3.05, 3.63) is 58.7 Å². The van der Waals surface area contributed by atoms with Crippen molar-refractivity contribution in [2.24, 2.45) is 5.92 Å². The fourth-order valence-corrected chi connectivity index (χ4v) is 4.10. The number of benzene rings is 1. The maximum atomic E-state index is 13.3. The fraction of sp³-hybridized carbons (Fsp3) is 0.435. The number of hydrogen-bond acceptors (Lipinski definition) is 5. The lowest BCUT2D eigenvalue weighted by Crippen LogP contribution is -2.43. The number of nitrogens with zero attached hydrogens (tertiary/aromatic N) is 3. The maximum absolute atomic E-state index is 13.3. The summed E-state index contributed by atoms with van der Waals surface area (Å²) in [7, 11) is 1.31. The number of amides is 1. The highest BCUT2D eigenvalue weighted by atomic mass is 35.5. The molecule has 178 valence electrons. The van der Waals surface area contributed by atoms with Crippen LogP contribution in [0.15, 0.2) is 42.6 Å². The molecule has 1 fully saturated rings. The molecule has 1 aliphatic rings. The zero-order valence-electron chi connectivity index (χ0n) is 18.1. The van der Waals surface area contributed by atoms with Crippen LogP contribution in [0.1, 0.15) is 30.4 Å². The van der Waals surface area contributed by atoms with E-state index in [1.807, 2.05) is 30.3 Å². The summed E-state index contributed by atoms with van der Waals surface area (Å²) in [5.41, 5.74) is 0.0531. The van der Waals surface area contributed by atoms with E-state index in [2.05, 4.69) is 4.98 Å². The molecule has 0 radical (unpaired) electrons. The van der Waals surface area contributed by atoms with Crippen LogP contribution in [0.2, 0.25) is 5.02 Å². The van der Waals surface area contributed by atoms with E-state index < -0.39 is 17.7 Å². The average Bonchev–Trinajstić information content (AvgIpc) is 2.81. The normalized spacial score (nSPS) is 14.8. The zero-order chi connectivity index (χ0) is 24.0. The molecule has 1 amide bonds. The molecule has 0 N–H and O–H groups in total. The van der Waals surface area contributed by atoms with Gasteiger partial charge >= 0.3 is 12.1 Å². The summed E-state index contributed by atoms with van der Waals surface area (Å²) in [6, 6.07) is 10.4. The van der Waals surface area contributed by atoms with Gasteiger partial charge in [-0.25, -0.2) is 4.98 Å². The molecule has 6 nitrogen and oxygen atoms in total. The number of esters is 1. The number of aromatic nitrogens is 1. The number of hydrogen-bond donors (Lipinski definition) is 0. The van der Waals surface area contributed by atoms with Crippen molar-refractivity contribution in [2.75, 3.05) is 31.6 Å². The number of anilines is 1. The van der Waals surface area contributed by atoms with Crippen LogP contribution in [0.5, 0.6) is 0 Å². The number of carbonyl (C=O) groups excluding carboxylic acids is 2. The molecule has 1 saturated heterocycles. The Balaban J connectivity index is 1.65. The highest BCUT2D eigenvalue weighted by molar-refractivity contribution is 6.33. The summed E-state index contributed by atoms with van der Waals surface area (Å²) in [6.07, 6.45) is -2.64. The number of alkyl halides is 3. The second-order valence-electron chi connectivity index (χ2n) is 7.86. The minimum absolute atomic E-state index is 0.0612. The Morgan fingerprint density at radius 2 is 1.88 bits per heavy atom. The van der Waals surface area contributed by atoms with Crippen LogP contribution in [-0.4, -0.2) is 48.5 Å². The SMILES string of the molecule is COC(=O)CCN(Cc1ccccc1)C(=O)C1CCN(c2ncc(C(F)(F)F)cc2Cl)CC1. The van der Waals surface area contributed by atoms with Crippen molar-refractivity contribution in [3.8, 4) is 0 Å². The van der Waals surface area contributed by atoms with Gasteiger partial charge in [-0.05, 0) is 24.5 Å². The Bertz CT molecular complexity index is 964. The molecule has 1 aromatic carbocycles. The largest absolute Gasteiger partial charge is 0.469 e. The second-order valence-corrected chi connectivity index (χ2v) is 8.27. The predicted molar refractivity (Wildman–Crippen MR) is 118 cm³/mol. The lowest BCUT2D eigenvalue weighted by Gasteiger charge is -2.35. The van der Waals surface area contributed by atoms with Crippen LogP contribution in [0.25, 0.3) is 0 Å². The van der Waals surface area contributed by atoms with Crippen LogP contribution in [0.3, 0.4) is 0 Å². The highest BCUT2D eigenvalue weighted by Crippen LogP contribution is 2.35. The van der Waals surface area contributed by atoms with Gasteiger partial charge in [-0.15, -0.1) is 0 Å². The van der Waals surface area contributed by atoms with Crippen LogP contribution >= 0.6 is 11.6 Å². The fourth-order valence-electron chi connectivity index (χ4n) is 3.81. The predicted octanol–water partition coefficient (Wildman–Crippen LogP) is 4.56. The van der Waals surface area contributed by atoms with Gasteiger partial charge in [0, 0.05) is 38.3 Å². The quantitative estimate of drug-likeness (QED) is 0.540. The highest BCUT2D eigenvalue weighted by Gasteiger charge is 2.33. The molecule has 3 rings (SSSR count). The minimum Gasteiger partial charge on any atom is -0.469 e. The van der Waals surface area contributed by atoms with E-state index in [1.54, 1.807) is 9.80 Å². The summed E-state index contributed by atoms with van der Waals surface area (Å²) in [5.74, 6) is -0.439. The number of rotatable bonds is 7. The summed E-state index contributed by atoms with van der Waals surface area (Å²) in [6.45, 7) is 1.49. The van der Waals surface area contributed by atoms with Crippen LogP contribution < -0.4 is 4.90 Å². The first-order valence-corrected chi connectivity index (χ1v) is 10.9. The van der Waals surface area contributed by atoms with Gasteiger partial charge in [0.1, 0.15) is 5.82 Å². The van der Waals surface area contributed by atoms with Crippen molar-refractivity contribution >= 4 is 29.3 Å². The molecule has 33 heavy (non-hydrogen) atoms. The molecule has 0 unspecified atom stereocenters. The maximum Gasteiger partial charge on any atom is 0.417 e. The molecule has 0 saturated carbocycles. The number of methoxy groups -OCH3 is 1. The van der Waals surface area contributed by atoms with E-state index in [-0.39, 0.29) is 35.6 Å². The standard InChI is InChI=1S/C23H25ClF3N3O3/c1-33-20(31)9-12-30(15-16-5-3-2-4-6-16)22(32)17-7-10-29(11-8-17)21-19(24)13-18(14-28-21)23(25,26)27/h2-6,13-14,17H,7-12,15H2,1H3. The monoisotopic (exact) mass is 483 g/mol. The lowest BCUT2D eigenvalue weighted by molar-refractivity contribution is -0.143. The number of halogens is 4. The molecule has 10 heteroatoms. The van der Waals surface area contributed by atoms with Crippen LogP contribution in [-0.2, 0) is 27.0 Å². The Morgan fingerprint density at radius 3 is 2.45 bits per heavy atom. The molecular weight excluding hydrogens is 459 g/mol. The Kier molecular flexibility index (Phi) is 8.18. The molecule has 2 aromatic rings. The van der Waals surface area contributed by atoms with Crippen molar-refractivity contribution in [1.82, 2.24) is 9.88 Å². The van der Waals surface area contributed by atoms with Crippen LogP contribution in [0, 0.1) is 5.92 Å². The van der Waals surface area contributed by atoms with Gasteiger partial charge in [0.2, 0.25) is 5.91 Å².